The van der Waals surface area contributed by atoms with Gasteiger partial charge >= 0.3 is 5.97 Å². The monoisotopic (exact) mass is 271 g/mol. The zero-order valence-corrected chi connectivity index (χ0v) is 10.2. The van der Waals surface area contributed by atoms with E-state index < -0.39 is 23.8 Å². The van der Waals surface area contributed by atoms with Crippen LogP contribution >= 0.6 is 0 Å². The zero-order valence-electron chi connectivity index (χ0n) is 10.2. The fourth-order valence-electron chi connectivity index (χ4n) is 1.68. The molecule has 0 aromatic carbocycles. The molecule has 106 valence electrons. The molecule has 1 aromatic heterocycles. The Labute approximate surface area is 108 Å². The van der Waals surface area contributed by atoms with Crippen LogP contribution in [0.4, 0.5) is 5.69 Å². The lowest BCUT2D eigenvalue weighted by Crippen LogP contribution is -2.23. The van der Waals surface area contributed by atoms with Crippen LogP contribution in [0.5, 0.6) is 11.8 Å². The lowest BCUT2D eigenvalue weighted by atomic mass is 10.1. The minimum Gasteiger partial charge on any atom is -0.494 e. The van der Waals surface area contributed by atoms with Gasteiger partial charge in [-0.2, -0.15) is 0 Å². The number of aromatic hydroxyl groups is 2. The minimum atomic E-state index is -1.20. The van der Waals surface area contributed by atoms with Crippen molar-refractivity contribution in [1.29, 1.82) is 0 Å². The Morgan fingerprint density at radius 1 is 1.42 bits per heavy atom. The van der Waals surface area contributed by atoms with Crippen molar-refractivity contribution < 1.29 is 20.1 Å². The van der Waals surface area contributed by atoms with E-state index in [1.807, 2.05) is 0 Å². The van der Waals surface area contributed by atoms with Crippen molar-refractivity contribution in [3.8, 4) is 11.8 Å². The van der Waals surface area contributed by atoms with Crippen LogP contribution in [-0.4, -0.2) is 38.4 Å². The predicted octanol–water partition coefficient (Wildman–Crippen LogP) is -0.839. The number of rotatable bonds is 6. The molecule has 0 aliphatic carbocycles. The molecule has 0 unspecified atom stereocenters. The average Bonchev–Trinajstić information content (AvgIpc) is 2.54. The second-order valence-electron chi connectivity index (χ2n) is 3.95. The van der Waals surface area contributed by atoms with E-state index >= 15 is 0 Å². The molecule has 19 heavy (non-hydrogen) atoms. The van der Waals surface area contributed by atoms with Gasteiger partial charge in [0.05, 0.1) is 5.69 Å². The topological polar surface area (TPSA) is 173 Å². The van der Waals surface area contributed by atoms with Gasteiger partial charge in [0.2, 0.25) is 5.88 Å². The van der Waals surface area contributed by atoms with E-state index in [9.17, 15) is 15.0 Å². The first-order valence-electron chi connectivity index (χ1n) is 5.51. The number of guanidine groups is 1. The number of anilines is 1. The summed E-state index contributed by atoms with van der Waals surface area (Å²) < 4.78 is 0.854. The van der Waals surface area contributed by atoms with Crippen LogP contribution in [0.15, 0.2) is 11.1 Å². The highest BCUT2D eigenvalue weighted by Crippen LogP contribution is 2.35. The third-order valence-electron chi connectivity index (χ3n) is 2.54. The second kappa shape index (κ2) is 5.85. The molecule has 0 saturated heterocycles. The molecule has 0 aliphatic heterocycles. The maximum atomic E-state index is 11.2. The van der Waals surface area contributed by atoms with Gasteiger partial charge in [-0.1, -0.05) is 0 Å². The van der Waals surface area contributed by atoms with Crippen LogP contribution in [0.3, 0.4) is 0 Å². The summed E-state index contributed by atoms with van der Waals surface area (Å²) in [5.41, 5.74) is 15.6. The molecule has 0 aliphatic rings. The van der Waals surface area contributed by atoms with Gasteiger partial charge in [0.15, 0.2) is 11.8 Å². The highest BCUT2D eigenvalue weighted by atomic mass is 16.4. The molecule has 0 amide bonds. The van der Waals surface area contributed by atoms with Gasteiger partial charge < -0.3 is 32.5 Å². The van der Waals surface area contributed by atoms with E-state index in [4.69, 9.17) is 22.3 Å². The molecular formula is C10H17N5O4. The first-order valence-corrected chi connectivity index (χ1v) is 5.51. The SMILES string of the molecule is NC(N)=NCCC[C@@H](C(=O)O)n1c(O)cc(N)c1O. The van der Waals surface area contributed by atoms with Crippen LogP contribution < -0.4 is 17.2 Å². The summed E-state index contributed by atoms with van der Waals surface area (Å²) in [4.78, 5) is 14.9. The summed E-state index contributed by atoms with van der Waals surface area (Å²) >= 11 is 0. The quantitative estimate of drug-likeness (QED) is 0.222. The number of carboxylic acid groups (broad SMARTS) is 1. The van der Waals surface area contributed by atoms with Crippen molar-refractivity contribution in [2.75, 3.05) is 12.3 Å². The Hall–Kier alpha value is -2.58. The average molecular weight is 271 g/mol. The smallest absolute Gasteiger partial charge is 0.326 e. The van der Waals surface area contributed by atoms with Crippen LogP contribution in [0.1, 0.15) is 18.9 Å². The summed E-state index contributed by atoms with van der Waals surface area (Å²) in [5.74, 6) is -2.18. The molecule has 1 rings (SSSR count). The van der Waals surface area contributed by atoms with Gasteiger partial charge in [-0.15, -0.1) is 0 Å². The number of carbonyl (C=O) groups is 1. The minimum absolute atomic E-state index is 0.0808. The van der Waals surface area contributed by atoms with E-state index in [0.29, 0.717) is 6.42 Å². The number of aliphatic imine (C=N–C) groups is 1. The van der Waals surface area contributed by atoms with Crippen LogP contribution in [0.2, 0.25) is 0 Å². The van der Waals surface area contributed by atoms with Crippen LogP contribution in [-0.2, 0) is 4.79 Å². The van der Waals surface area contributed by atoms with E-state index in [1.54, 1.807) is 0 Å². The van der Waals surface area contributed by atoms with Crippen molar-refractivity contribution >= 4 is 17.6 Å². The molecule has 1 heterocycles. The molecule has 0 radical (unpaired) electrons. The largest absolute Gasteiger partial charge is 0.494 e. The third-order valence-corrected chi connectivity index (χ3v) is 2.54. The van der Waals surface area contributed by atoms with Gasteiger partial charge in [-0.25, -0.2) is 4.79 Å². The molecule has 0 saturated carbocycles. The molecule has 9 N–H and O–H groups in total. The molecule has 0 fully saturated rings. The number of nitrogens with zero attached hydrogens (tertiary/aromatic N) is 2. The highest BCUT2D eigenvalue weighted by molar-refractivity contribution is 5.75. The zero-order chi connectivity index (χ0) is 14.6. The highest BCUT2D eigenvalue weighted by Gasteiger charge is 2.25. The first kappa shape index (κ1) is 14.5. The standard InChI is InChI=1S/C10H17N5O4/c11-5-4-7(16)15(8(5)17)6(9(18)19)2-1-3-14-10(12)13/h4,6,16-17H,1-3,11H2,(H,18,19)(H4,12,13,14)/t6-/m0/s1. The normalized spacial score (nSPS) is 12.0. The summed E-state index contributed by atoms with van der Waals surface area (Å²) in [7, 11) is 0. The Bertz CT molecular complexity index is 492. The number of nitrogen functional groups attached to an aromatic ring is 1. The summed E-state index contributed by atoms with van der Waals surface area (Å²) in [6.45, 7) is 0.254. The van der Waals surface area contributed by atoms with E-state index in [-0.39, 0.29) is 24.6 Å². The van der Waals surface area contributed by atoms with Crippen molar-refractivity contribution in [2.45, 2.75) is 18.9 Å². The molecule has 9 heteroatoms. The molecule has 1 atom stereocenters. The van der Waals surface area contributed by atoms with Crippen molar-refractivity contribution in [1.82, 2.24) is 4.57 Å². The Kier molecular flexibility index (Phi) is 4.46. The lowest BCUT2D eigenvalue weighted by molar-refractivity contribution is -0.141. The Morgan fingerprint density at radius 2 is 2.05 bits per heavy atom. The number of hydrogen-bond acceptors (Lipinski definition) is 5. The summed E-state index contributed by atoms with van der Waals surface area (Å²) in [6.07, 6.45) is 0.493. The number of carboxylic acids is 1. The van der Waals surface area contributed by atoms with E-state index in [1.165, 1.54) is 0 Å². The summed E-state index contributed by atoms with van der Waals surface area (Å²) in [5, 5.41) is 28.3. The number of hydrogen-bond donors (Lipinski definition) is 6. The Morgan fingerprint density at radius 3 is 2.47 bits per heavy atom. The van der Waals surface area contributed by atoms with E-state index in [2.05, 4.69) is 4.99 Å². The van der Waals surface area contributed by atoms with Crippen molar-refractivity contribution in [3.05, 3.63) is 6.07 Å². The maximum Gasteiger partial charge on any atom is 0.326 e. The third kappa shape index (κ3) is 3.44. The van der Waals surface area contributed by atoms with Crippen molar-refractivity contribution in [3.63, 3.8) is 0 Å². The maximum absolute atomic E-state index is 11.2. The van der Waals surface area contributed by atoms with E-state index in [0.717, 1.165) is 10.6 Å². The fourth-order valence-corrected chi connectivity index (χ4v) is 1.68. The summed E-state index contributed by atoms with van der Waals surface area (Å²) in [6, 6.07) is -0.0621. The number of nitrogens with two attached hydrogens (primary N) is 3. The number of aromatic nitrogens is 1. The molecular weight excluding hydrogens is 254 g/mol. The predicted molar refractivity (Wildman–Crippen MR) is 68.8 cm³/mol. The van der Waals surface area contributed by atoms with Gasteiger partial charge in [-0.05, 0) is 12.8 Å². The molecule has 1 aromatic rings. The molecule has 0 spiro atoms. The van der Waals surface area contributed by atoms with Crippen LogP contribution in [0, 0.1) is 0 Å². The lowest BCUT2D eigenvalue weighted by Gasteiger charge is -2.16. The molecule has 0 bridgehead atoms. The van der Waals surface area contributed by atoms with Gasteiger partial charge in [0, 0.05) is 12.6 Å². The van der Waals surface area contributed by atoms with Gasteiger partial charge in [-0.3, -0.25) is 9.56 Å². The number of aliphatic carboxylic acids is 1. The van der Waals surface area contributed by atoms with Gasteiger partial charge in [0.25, 0.3) is 0 Å². The fraction of sp³-hybridized carbons (Fsp3) is 0.400. The first-order chi connectivity index (χ1) is 8.84. The Balaban J connectivity index is 2.84. The molecule has 9 nitrogen and oxygen atoms in total. The van der Waals surface area contributed by atoms with Crippen molar-refractivity contribution in [2.24, 2.45) is 16.5 Å². The second-order valence-corrected chi connectivity index (χ2v) is 3.95. The van der Waals surface area contributed by atoms with Gasteiger partial charge in [0.1, 0.15) is 6.04 Å². The van der Waals surface area contributed by atoms with Crippen LogP contribution in [0.25, 0.3) is 0 Å².